The Kier molecular flexibility index (Phi) is 4.06. The van der Waals surface area contributed by atoms with Gasteiger partial charge in [0.25, 0.3) is 0 Å². The van der Waals surface area contributed by atoms with Gasteiger partial charge in [-0.2, -0.15) is 0 Å². The average Bonchev–Trinajstić information content (AvgIpc) is 3.04. The van der Waals surface area contributed by atoms with Gasteiger partial charge >= 0.3 is 0 Å². The standard InChI is InChI=1S/C16H21FN2S/c1-2-11-5-4-8-19(11)10-12-15(9-18)20-14-7-3-6-13(17)16(12)14/h3,6-7,11H,2,4-5,8-10,18H2,1H3. The third-order valence-electron chi connectivity index (χ3n) is 4.36. The molecule has 1 aromatic carbocycles. The van der Waals surface area contributed by atoms with Gasteiger partial charge in [0, 0.05) is 34.1 Å². The maximum absolute atomic E-state index is 14.2. The number of hydrogen-bond donors (Lipinski definition) is 1. The Morgan fingerprint density at radius 1 is 1.45 bits per heavy atom. The van der Waals surface area contributed by atoms with Gasteiger partial charge in [0.05, 0.1) is 0 Å². The fourth-order valence-electron chi connectivity index (χ4n) is 3.32. The SMILES string of the molecule is CCC1CCCN1Cc1c(CN)sc2cccc(F)c12. The second-order valence-electron chi connectivity index (χ2n) is 5.50. The third-order valence-corrected chi connectivity index (χ3v) is 5.58. The first-order valence-corrected chi connectivity index (χ1v) is 8.19. The minimum atomic E-state index is -0.110. The molecule has 3 rings (SSSR count). The van der Waals surface area contributed by atoms with E-state index in [9.17, 15) is 4.39 Å². The first-order valence-electron chi connectivity index (χ1n) is 7.37. The quantitative estimate of drug-likeness (QED) is 0.927. The van der Waals surface area contributed by atoms with Crippen LogP contribution in [0.25, 0.3) is 10.1 Å². The van der Waals surface area contributed by atoms with Crippen molar-refractivity contribution in [3.63, 3.8) is 0 Å². The molecule has 1 aromatic heterocycles. The molecule has 0 saturated carbocycles. The van der Waals surface area contributed by atoms with Crippen molar-refractivity contribution in [2.24, 2.45) is 5.73 Å². The lowest BCUT2D eigenvalue weighted by atomic mass is 10.1. The molecule has 0 radical (unpaired) electrons. The molecule has 1 fully saturated rings. The van der Waals surface area contributed by atoms with Crippen molar-refractivity contribution in [3.8, 4) is 0 Å². The number of nitrogens with two attached hydrogens (primary N) is 1. The summed E-state index contributed by atoms with van der Waals surface area (Å²) in [4.78, 5) is 3.62. The van der Waals surface area contributed by atoms with E-state index >= 15 is 0 Å². The van der Waals surface area contributed by atoms with Crippen molar-refractivity contribution in [1.82, 2.24) is 4.90 Å². The molecule has 2 nitrogen and oxygen atoms in total. The average molecular weight is 292 g/mol. The van der Waals surface area contributed by atoms with E-state index in [-0.39, 0.29) is 5.82 Å². The minimum absolute atomic E-state index is 0.110. The maximum Gasteiger partial charge on any atom is 0.132 e. The second-order valence-corrected chi connectivity index (χ2v) is 6.63. The van der Waals surface area contributed by atoms with Crippen LogP contribution >= 0.6 is 11.3 Å². The van der Waals surface area contributed by atoms with Crippen molar-refractivity contribution < 1.29 is 4.39 Å². The number of rotatable bonds is 4. The summed E-state index contributed by atoms with van der Waals surface area (Å²) in [6, 6.07) is 5.97. The molecule has 1 saturated heterocycles. The molecule has 4 heteroatoms. The van der Waals surface area contributed by atoms with Gasteiger partial charge in [0.2, 0.25) is 0 Å². The van der Waals surface area contributed by atoms with Gasteiger partial charge in [-0.3, -0.25) is 4.90 Å². The molecule has 1 aliphatic heterocycles. The van der Waals surface area contributed by atoms with Gasteiger partial charge in [0.1, 0.15) is 5.82 Å². The number of thiophene rings is 1. The minimum Gasteiger partial charge on any atom is -0.326 e. The predicted octanol–water partition coefficient (Wildman–Crippen LogP) is 3.87. The lowest BCUT2D eigenvalue weighted by molar-refractivity contribution is 0.240. The van der Waals surface area contributed by atoms with Gasteiger partial charge in [-0.15, -0.1) is 11.3 Å². The maximum atomic E-state index is 14.2. The first-order chi connectivity index (χ1) is 9.74. The number of benzene rings is 1. The summed E-state index contributed by atoms with van der Waals surface area (Å²) >= 11 is 1.64. The van der Waals surface area contributed by atoms with Gasteiger partial charge in [-0.25, -0.2) is 4.39 Å². The van der Waals surface area contributed by atoms with E-state index in [0.717, 1.165) is 33.6 Å². The molecule has 1 unspecified atom stereocenters. The Labute approximate surface area is 123 Å². The Balaban J connectivity index is 2.01. The number of hydrogen-bond acceptors (Lipinski definition) is 3. The van der Waals surface area contributed by atoms with Crippen LogP contribution < -0.4 is 5.73 Å². The summed E-state index contributed by atoms with van der Waals surface area (Å²) < 4.78 is 15.2. The summed E-state index contributed by atoms with van der Waals surface area (Å²) in [5.41, 5.74) is 6.99. The summed E-state index contributed by atoms with van der Waals surface area (Å²) in [6.07, 6.45) is 3.68. The molecule has 0 aliphatic carbocycles. The van der Waals surface area contributed by atoms with Gasteiger partial charge in [-0.05, 0) is 43.5 Å². The van der Waals surface area contributed by atoms with Crippen LogP contribution in [-0.4, -0.2) is 17.5 Å². The van der Waals surface area contributed by atoms with Crippen LogP contribution in [0.3, 0.4) is 0 Å². The highest BCUT2D eigenvalue weighted by Crippen LogP contribution is 2.35. The highest BCUT2D eigenvalue weighted by molar-refractivity contribution is 7.19. The Morgan fingerprint density at radius 2 is 2.30 bits per heavy atom. The summed E-state index contributed by atoms with van der Waals surface area (Å²) in [7, 11) is 0. The molecule has 0 bridgehead atoms. The van der Waals surface area contributed by atoms with Crippen LogP contribution in [0.4, 0.5) is 4.39 Å². The molecule has 2 heterocycles. The lowest BCUT2D eigenvalue weighted by Gasteiger charge is -2.23. The van der Waals surface area contributed by atoms with E-state index in [1.54, 1.807) is 23.5 Å². The predicted molar refractivity (Wildman–Crippen MR) is 83.4 cm³/mol. The molecule has 1 atom stereocenters. The number of likely N-dealkylation sites (tertiary alicyclic amines) is 1. The van der Waals surface area contributed by atoms with Gasteiger partial charge in [-0.1, -0.05) is 13.0 Å². The fraction of sp³-hybridized carbons (Fsp3) is 0.500. The molecular formula is C16H21FN2S. The first kappa shape index (κ1) is 14.0. The van der Waals surface area contributed by atoms with Crippen molar-refractivity contribution in [2.45, 2.75) is 45.3 Å². The summed E-state index contributed by atoms with van der Waals surface area (Å²) in [5.74, 6) is -0.110. The van der Waals surface area contributed by atoms with E-state index in [1.807, 2.05) is 6.07 Å². The normalized spacial score (nSPS) is 20.1. The molecular weight excluding hydrogens is 271 g/mol. The van der Waals surface area contributed by atoms with E-state index in [1.165, 1.54) is 19.3 Å². The Morgan fingerprint density at radius 3 is 3.05 bits per heavy atom. The second kappa shape index (κ2) is 5.80. The van der Waals surface area contributed by atoms with E-state index < -0.39 is 0 Å². The largest absolute Gasteiger partial charge is 0.326 e. The molecule has 2 N–H and O–H groups in total. The van der Waals surface area contributed by atoms with E-state index in [4.69, 9.17) is 5.73 Å². The van der Waals surface area contributed by atoms with Crippen LogP contribution in [0.5, 0.6) is 0 Å². The summed E-state index contributed by atoms with van der Waals surface area (Å²) in [6.45, 7) is 4.69. The molecule has 108 valence electrons. The van der Waals surface area contributed by atoms with Crippen LogP contribution in [0.2, 0.25) is 0 Å². The zero-order valence-corrected chi connectivity index (χ0v) is 12.7. The smallest absolute Gasteiger partial charge is 0.132 e. The van der Waals surface area contributed by atoms with E-state index in [0.29, 0.717) is 12.6 Å². The van der Waals surface area contributed by atoms with Crippen molar-refractivity contribution in [1.29, 1.82) is 0 Å². The van der Waals surface area contributed by atoms with Crippen molar-refractivity contribution in [3.05, 3.63) is 34.5 Å². The number of halogens is 1. The van der Waals surface area contributed by atoms with Crippen LogP contribution in [0, 0.1) is 5.82 Å². The highest BCUT2D eigenvalue weighted by Gasteiger charge is 2.25. The molecule has 20 heavy (non-hydrogen) atoms. The van der Waals surface area contributed by atoms with E-state index in [2.05, 4.69) is 11.8 Å². The zero-order chi connectivity index (χ0) is 14.1. The number of fused-ring (bicyclic) bond motifs is 1. The fourth-order valence-corrected chi connectivity index (χ4v) is 4.42. The topological polar surface area (TPSA) is 29.3 Å². The summed E-state index contributed by atoms with van der Waals surface area (Å²) in [5, 5.41) is 0.791. The van der Waals surface area contributed by atoms with Gasteiger partial charge in [0.15, 0.2) is 0 Å². The Bertz CT molecular complexity index is 608. The Hall–Kier alpha value is -0.970. The van der Waals surface area contributed by atoms with Crippen molar-refractivity contribution >= 4 is 21.4 Å². The highest BCUT2D eigenvalue weighted by atomic mass is 32.1. The zero-order valence-electron chi connectivity index (χ0n) is 11.9. The molecule has 0 spiro atoms. The van der Waals surface area contributed by atoms with Crippen LogP contribution in [-0.2, 0) is 13.1 Å². The lowest BCUT2D eigenvalue weighted by Crippen LogP contribution is -2.28. The van der Waals surface area contributed by atoms with Crippen LogP contribution in [0.15, 0.2) is 18.2 Å². The molecule has 2 aromatic rings. The third kappa shape index (κ3) is 2.36. The molecule has 1 aliphatic rings. The van der Waals surface area contributed by atoms with Crippen LogP contribution in [0.1, 0.15) is 36.6 Å². The monoisotopic (exact) mass is 292 g/mol. The van der Waals surface area contributed by atoms with Gasteiger partial charge < -0.3 is 5.73 Å². The molecule has 0 amide bonds. The number of nitrogens with zero attached hydrogens (tertiary/aromatic N) is 1. The van der Waals surface area contributed by atoms with Crippen molar-refractivity contribution in [2.75, 3.05) is 6.54 Å².